The summed E-state index contributed by atoms with van der Waals surface area (Å²) in [4.78, 5) is 2.30. The molecule has 0 aromatic heterocycles. The number of hydrogen-bond acceptors (Lipinski definition) is 2. The van der Waals surface area contributed by atoms with E-state index in [1.54, 1.807) is 0 Å². The smallest absolute Gasteiger partial charge is 0.105 e. The zero-order valence-corrected chi connectivity index (χ0v) is 12.9. The van der Waals surface area contributed by atoms with Gasteiger partial charge in [0.1, 0.15) is 5.60 Å². The molecule has 1 aliphatic rings. The van der Waals surface area contributed by atoms with Crippen LogP contribution in [0.2, 0.25) is 0 Å². The first kappa shape index (κ1) is 14.5. The summed E-state index contributed by atoms with van der Waals surface area (Å²) < 4.78 is 0. The number of aliphatic hydroxyl groups is 1. The van der Waals surface area contributed by atoms with Gasteiger partial charge >= 0.3 is 0 Å². The maximum absolute atomic E-state index is 11.3. The van der Waals surface area contributed by atoms with Gasteiger partial charge in [0, 0.05) is 12.6 Å². The molecule has 0 amide bonds. The highest BCUT2D eigenvalue weighted by Crippen LogP contribution is 2.44. The van der Waals surface area contributed by atoms with Crippen LogP contribution >= 0.6 is 0 Å². The lowest BCUT2D eigenvalue weighted by atomic mass is 9.67. The molecule has 1 aromatic rings. The molecule has 0 unspecified atom stereocenters. The van der Waals surface area contributed by atoms with Crippen LogP contribution in [0.3, 0.4) is 0 Å². The summed E-state index contributed by atoms with van der Waals surface area (Å²) in [5.74, 6) is 0.499. The standard InChI is InChI=1S/C17H27NO/c1-13-17(19,14-9-7-6-8-10-14)11-15(12-18(13)5)16(2,3)4/h6-10,13,15,19H,11-12H2,1-5H3/t13-,15-,17+/m0/s1. The first-order valence-electron chi connectivity index (χ1n) is 7.23. The van der Waals surface area contributed by atoms with Crippen LogP contribution in [0.15, 0.2) is 30.3 Å². The highest BCUT2D eigenvalue weighted by Gasteiger charge is 2.46. The van der Waals surface area contributed by atoms with Gasteiger partial charge in [-0.3, -0.25) is 0 Å². The second-order valence-electron chi connectivity index (χ2n) is 7.17. The van der Waals surface area contributed by atoms with E-state index in [1.807, 2.05) is 18.2 Å². The summed E-state index contributed by atoms with van der Waals surface area (Å²) in [5.41, 5.74) is 0.520. The van der Waals surface area contributed by atoms with Crippen LogP contribution in [0.1, 0.15) is 39.7 Å². The van der Waals surface area contributed by atoms with E-state index >= 15 is 0 Å². The molecular weight excluding hydrogens is 234 g/mol. The Morgan fingerprint density at radius 3 is 2.32 bits per heavy atom. The average molecular weight is 261 g/mol. The van der Waals surface area contributed by atoms with Gasteiger partial charge in [-0.25, -0.2) is 0 Å². The number of likely N-dealkylation sites (tertiary alicyclic amines) is 1. The first-order valence-corrected chi connectivity index (χ1v) is 7.23. The zero-order chi connectivity index (χ0) is 14.3. The lowest BCUT2D eigenvalue weighted by Crippen LogP contribution is -2.56. The van der Waals surface area contributed by atoms with Gasteiger partial charge in [0.05, 0.1) is 0 Å². The van der Waals surface area contributed by atoms with Gasteiger partial charge in [0.15, 0.2) is 0 Å². The molecular formula is C17H27NO. The molecule has 2 rings (SSSR count). The van der Waals surface area contributed by atoms with Crippen LogP contribution in [0.25, 0.3) is 0 Å². The Bertz CT molecular complexity index is 423. The summed E-state index contributed by atoms with van der Waals surface area (Å²) in [5, 5.41) is 11.3. The van der Waals surface area contributed by atoms with Crippen molar-refractivity contribution in [1.29, 1.82) is 0 Å². The van der Waals surface area contributed by atoms with Crippen LogP contribution in [0.4, 0.5) is 0 Å². The summed E-state index contributed by atoms with van der Waals surface area (Å²) in [7, 11) is 2.12. The fourth-order valence-corrected chi connectivity index (χ4v) is 3.15. The minimum Gasteiger partial charge on any atom is -0.384 e. The van der Waals surface area contributed by atoms with Gasteiger partial charge in [0.2, 0.25) is 0 Å². The van der Waals surface area contributed by atoms with Crippen LogP contribution in [-0.4, -0.2) is 29.6 Å². The van der Waals surface area contributed by atoms with Gasteiger partial charge in [-0.15, -0.1) is 0 Å². The Morgan fingerprint density at radius 2 is 1.79 bits per heavy atom. The Labute approximate surface area is 117 Å². The molecule has 19 heavy (non-hydrogen) atoms. The Hall–Kier alpha value is -0.860. The predicted molar refractivity (Wildman–Crippen MR) is 80.0 cm³/mol. The molecule has 106 valence electrons. The average Bonchev–Trinajstić information content (AvgIpc) is 2.35. The number of rotatable bonds is 1. The van der Waals surface area contributed by atoms with E-state index < -0.39 is 5.60 Å². The molecule has 1 fully saturated rings. The van der Waals surface area contributed by atoms with Gasteiger partial charge in [0.25, 0.3) is 0 Å². The van der Waals surface area contributed by atoms with Crippen molar-refractivity contribution in [2.24, 2.45) is 11.3 Å². The number of likely N-dealkylation sites (N-methyl/N-ethyl adjacent to an activating group) is 1. The van der Waals surface area contributed by atoms with Gasteiger partial charge in [-0.05, 0) is 37.3 Å². The van der Waals surface area contributed by atoms with Crippen molar-refractivity contribution in [1.82, 2.24) is 4.90 Å². The SMILES string of the molecule is C[C@@H]1N(C)C[C@@H](C(C)(C)C)C[C@]1(O)c1ccccc1. The van der Waals surface area contributed by atoms with Crippen molar-refractivity contribution in [3.63, 3.8) is 0 Å². The maximum atomic E-state index is 11.3. The number of piperidine rings is 1. The summed E-state index contributed by atoms with van der Waals surface area (Å²) in [6.45, 7) is 10.00. The van der Waals surface area contributed by atoms with Gasteiger partial charge in [-0.2, -0.15) is 0 Å². The third-order valence-corrected chi connectivity index (χ3v) is 4.92. The summed E-state index contributed by atoms with van der Waals surface area (Å²) >= 11 is 0. The van der Waals surface area contributed by atoms with Crippen LogP contribution in [-0.2, 0) is 5.60 Å². The largest absolute Gasteiger partial charge is 0.384 e. The molecule has 1 aliphatic heterocycles. The van der Waals surface area contributed by atoms with Crippen molar-refractivity contribution in [2.75, 3.05) is 13.6 Å². The van der Waals surface area contributed by atoms with Gasteiger partial charge in [-0.1, -0.05) is 51.1 Å². The third kappa shape index (κ3) is 2.70. The number of benzene rings is 1. The highest BCUT2D eigenvalue weighted by atomic mass is 16.3. The topological polar surface area (TPSA) is 23.5 Å². The molecule has 1 N–H and O–H groups in total. The molecule has 1 saturated heterocycles. The molecule has 0 bridgehead atoms. The van der Waals surface area contributed by atoms with Crippen LogP contribution in [0.5, 0.6) is 0 Å². The third-order valence-electron chi connectivity index (χ3n) is 4.92. The van der Waals surface area contributed by atoms with E-state index in [4.69, 9.17) is 0 Å². The molecule has 2 nitrogen and oxygen atoms in total. The van der Waals surface area contributed by atoms with E-state index in [1.165, 1.54) is 0 Å². The lowest BCUT2D eigenvalue weighted by Gasteiger charge is -2.51. The molecule has 0 radical (unpaired) electrons. The monoisotopic (exact) mass is 261 g/mol. The van der Waals surface area contributed by atoms with Crippen molar-refractivity contribution < 1.29 is 5.11 Å². The summed E-state index contributed by atoms with van der Waals surface area (Å²) in [6, 6.07) is 10.3. The number of hydrogen-bond donors (Lipinski definition) is 1. The lowest BCUT2D eigenvalue weighted by molar-refractivity contribution is -0.109. The Balaban J connectivity index is 2.37. The van der Waals surface area contributed by atoms with Gasteiger partial charge < -0.3 is 10.0 Å². The first-order chi connectivity index (χ1) is 8.75. The molecule has 0 saturated carbocycles. The Morgan fingerprint density at radius 1 is 1.21 bits per heavy atom. The normalized spacial score (nSPS) is 33.4. The molecule has 0 spiro atoms. The summed E-state index contributed by atoms with van der Waals surface area (Å²) in [6.07, 6.45) is 0.839. The van der Waals surface area contributed by atoms with E-state index in [2.05, 4.69) is 51.8 Å². The van der Waals surface area contributed by atoms with E-state index in [0.717, 1.165) is 18.5 Å². The van der Waals surface area contributed by atoms with Crippen molar-refractivity contribution in [3.8, 4) is 0 Å². The minimum absolute atomic E-state index is 0.147. The number of nitrogens with zero attached hydrogens (tertiary/aromatic N) is 1. The minimum atomic E-state index is -0.744. The fraction of sp³-hybridized carbons (Fsp3) is 0.647. The van der Waals surface area contributed by atoms with Crippen molar-refractivity contribution in [3.05, 3.63) is 35.9 Å². The van der Waals surface area contributed by atoms with E-state index in [9.17, 15) is 5.11 Å². The second-order valence-corrected chi connectivity index (χ2v) is 7.17. The highest BCUT2D eigenvalue weighted by molar-refractivity contribution is 5.25. The predicted octanol–water partition coefficient (Wildman–Crippen LogP) is 3.26. The molecule has 2 heteroatoms. The molecule has 1 heterocycles. The zero-order valence-electron chi connectivity index (χ0n) is 12.9. The molecule has 3 atom stereocenters. The fourth-order valence-electron chi connectivity index (χ4n) is 3.15. The maximum Gasteiger partial charge on any atom is 0.105 e. The van der Waals surface area contributed by atoms with Crippen molar-refractivity contribution >= 4 is 0 Å². The molecule has 1 aromatic carbocycles. The quantitative estimate of drug-likeness (QED) is 0.839. The van der Waals surface area contributed by atoms with Crippen LogP contribution in [0, 0.1) is 11.3 Å². The second kappa shape index (κ2) is 4.92. The van der Waals surface area contributed by atoms with Crippen molar-refractivity contribution in [2.45, 2.75) is 45.8 Å². The van der Waals surface area contributed by atoms with E-state index in [-0.39, 0.29) is 11.5 Å². The Kier molecular flexibility index (Phi) is 3.76. The van der Waals surface area contributed by atoms with Crippen LogP contribution < -0.4 is 0 Å². The molecule has 0 aliphatic carbocycles. The van der Waals surface area contributed by atoms with E-state index in [0.29, 0.717) is 5.92 Å².